The van der Waals surface area contributed by atoms with Crippen molar-refractivity contribution in [1.82, 2.24) is 15.1 Å². The van der Waals surface area contributed by atoms with Gasteiger partial charge in [0, 0.05) is 13.1 Å². The van der Waals surface area contributed by atoms with E-state index in [1.165, 1.54) is 11.9 Å². The van der Waals surface area contributed by atoms with Crippen LogP contribution in [0.15, 0.2) is 0 Å². The topological polar surface area (TPSA) is 35.6 Å². The van der Waals surface area contributed by atoms with Crippen molar-refractivity contribution in [3.05, 3.63) is 0 Å². The summed E-state index contributed by atoms with van der Waals surface area (Å²) in [4.78, 5) is 15.7. The average Bonchev–Trinajstić information content (AvgIpc) is 2.87. The number of hydrogen-bond acceptors (Lipinski definition) is 3. The van der Waals surface area contributed by atoms with Crippen LogP contribution >= 0.6 is 0 Å². The van der Waals surface area contributed by atoms with E-state index in [-0.39, 0.29) is 11.9 Å². The molecule has 2 fully saturated rings. The van der Waals surface area contributed by atoms with Crippen molar-refractivity contribution in [2.24, 2.45) is 0 Å². The molecule has 2 rings (SSSR count). The normalized spacial score (nSPS) is 26.0. The van der Waals surface area contributed by atoms with E-state index in [9.17, 15) is 13.6 Å². The molecular weight excluding hydrogens is 252 g/mol. The van der Waals surface area contributed by atoms with Crippen LogP contribution in [-0.2, 0) is 4.79 Å². The van der Waals surface area contributed by atoms with Crippen LogP contribution in [0.5, 0.6) is 0 Å². The standard InChI is InChI=1S/C13H23F2N3O/c1-17(9-12(14)15)13(19)11-3-2-8-18(11)10-4-6-16-7-5-10/h10-12,16H,2-9H2,1H3. The Hall–Kier alpha value is -0.750. The molecule has 1 N–H and O–H groups in total. The molecule has 4 nitrogen and oxygen atoms in total. The van der Waals surface area contributed by atoms with Crippen LogP contribution in [0.3, 0.4) is 0 Å². The first kappa shape index (κ1) is 14.7. The molecule has 2 aliphatic heterocycles. The summed E-state index contributed by atoms with van der Waals surface area (Å²) >= 11 is 0. The maximum Gasteiger partial charge on any atom is 0.255 e. The maximum absolute atomic E-state index is 12.4. The highest BCUT2D eigenvalue weighted by molar-refractivity contribution is 5.82. The molecule has 0 aromatic carbocycles. The first-order valence-electron chi connectivity index (χ1n) is 7.09. The van der Waals surface area contributed by atoms with Crippen LogP contribution in [0.2, 0.25) is 0 Å². The van der Waals surface area contributed by atoms with E-state index in [0.29, 0.717) is 6.04 Å². The van der Waals surface area contributed by atoms with E-state index < -0.39 is 13.0 Å². The fourth-order valence-electron chi connectivity index (χ4n) is 3.18. The summed E-state index contributed by atoms with van der Waals surface area (Å²) in [7, 11) is 1.48. The number of carbonyl (C=O) groups excluding carboxylic acids is 1. The first-order valence-corrected chi connectivity index (χ1v) is 7.09. The molecule has 1 unspecified atom stereocenters. The predicted octanol–water partition coefficient (Wildman–Crippen LogP) is 0.926. The van der Waals surface area contributed by atoms with Crippen molar-refractivity contribution in [3.8, 4) is 0 Å². The number of nitrogens with one attached hydrogen (secondary N) is 1. The van der Waals surface area contributed by atoms with Crippen LogP contribution in [-0.4, -0.2) is 67.4 Å². The van der Waals surface area contributed by atoms with Gasteiger partial charge >= 0.3 is 0 Å². The minimum atomic E-state index is -2.46. The lowest BCUT2D eigenvalue weighted by atomic mass is 10.0. The highest BCUT2D eigenvalue weighted by Crippen LogP contribution is 2.25. The second-order valence-corrected chi connectivity index (χ2v) is 5.49. The lowest BCUT2D eigenvalue weighted by Crippen LogP contribution is -2.51. The molecule has 110 valence electrons. The first-order chi connectivity index (χ1) is 9.09. The van der Waals surface area contributed by atoms with Crippen LogP contribution in [0.4, 0.5) is 8.78 Å². The molecule has 0 spiro atoms. The SMILES string of the molecule is CN(CC(F)F)C(=O)C1CCCN1C1CCNCC1. The van der Waals surface area contributed by atoms with Gasteiger partial charge in [-0.05, 0) is 45.3 Å². The summed E-state index contributed by atoms with van der Waals surface area (Å²) in [5, 5.41) is 3.31. The van der Waals surface area contributed by atoms with Crippen molar-refractivity contribution in [3.63, 3.8) is 0 Å². The number of hydrogen-bond donors (Lipinski definition) is 1. The molecule has 6 heteroatoms. The largest absolute Gasteiger partial charge is 0.339 e. The van der Waals surface area contributed by atoms with E-state index in [1.54, 1.807) is 0 Å². The quantitative estimate of drug-likeness (QED) is 0.829. The van der Waals surface area contributed by atoms with Gasteiger partial charge in [-0.15, -0.1) is 0 Å². The zero-order valence-corrected chi connectivity index (χ0v) is 11.4. The number of alkyl halides is 2. The number of nitrogens with zero attached hydrogens (tertiary/aromatic N) is 2. The van der Waals surface area contributed by atoms with E-state index >= 15 is 0 Å². The monoisotopic (exact) mass is 275 g/mol. The Morgan fingerprint density at radius 1 is 1.37 bits per heavy atom. The smallest absolute Gasteiger partial charge is 0.255 e. The Balaban J connectivity index is 1.95. The molecule has 1 amide bonds. The molecule has 19 heavy (non-hydrogen) atoms. The number of likely N-dealkylation sites (tertiary alicyclic amines) is 1. The Morgan fingerprint density at radius 2 is 2.05 bits per heavy atom. The Morgan fingerprint density at radius 3 is 2.68 bits per heavy atom. The van der Waals surface area contributed by atoms with Gasteiger partial charge in [-0.3, -0.25) is 9.69 Å². The summed E-state index contributed by atoms with van der Waals surface area (Å²) in [6.07, 6.45) is 1.42. The number of carbonyl (C=O) groups is 1. The Labute approximate surface area is 113 Å². The van der Waals surface area contributed by atoms with Crippen LogP contribution < -0.4 is 5.32 Å². The molecular formula is C13H23F2N3O. The molecule has 2 aliphatic rings. The van der Waals surface area contributed by atoms with Crippen molar-refractivity contribution in [2.45, 2.75) is 44.2 Å². The number of amides is 1. The average molecular weight is 275 g/mol. The minimum Gasteiger partial charge on any atom is -0.339 e. The molecule has 0 aliphatic carbocycles. The second-order valence-electron chi connectivity index (χ2n) is 5.49. The minimum absolute atomic E-state index is 0.142. The van der Waals surface area contributed by atoms with Gasteiger partial charge < -0.3 is 10.2 Å². The van der Waals surface area contributed by atoms with Gasteiger partial charge in [0.15, 0.2) is 0 Å². The van der Waals surface area contributed by atoms with Crippen molar-refractivity contribution in [1.29, 1.82) is 0 Å². The fourth-order valence-corrected chi connectivity index (χ4v) is 3.18. The predicted molar refractivity (Wildman–Crippen MR) is 69.3 cm³/mol. The van der Waals surface area contributed by atoms with E-state index in [1.807, 2.05) is 0 Å². The van der Waals surface area contributed by atoms with Gasteiger partial charge in [0.2, 0.25) is 5.91 Å². The molecule has 0 saturated carbocycles. The second kappa shape index (κ2) is 6.61. The zero-order valence-electron chi connectivity index (χ0n) is 11.4. The zero-order chi connectivity index (χ0) is 13.8. The lowest BCUT2D eigenvalue weighted by molar-refractivity contribution is -0.137. The van der Waals surface area contributed by atoms with Crippen LogP contribution in [0.25, 0.3) is 0 Å². The molecule has 1 atom stereocenters. The highest BCUT2D eigenvalue weighted by Gasteiger charge is 2.37. The van der Waals surface area contributed by atoms with Crippen LogP contribution in [0, 0.1) is 0 Å². The van der Waals surface area contributed by atoms with E-state index in [2.05, 4.69) is 10.2 Å². The van der Waals surface area contributed by atoms with Crippen molar-refractivity contribution in [2.75, 3.05) is 33.2 Å². The van der Waals surface area contributed by atoms with Gasteiger partial charge in [0.1, 0.15) is 0 Å². The molecule has 2 heterocycles. The van der Waals surface area contributed by atoms with Crippen molar-refractivity contribution >= 4 is 5.91 Å². The highest BCUT2D eigenvalue weighted by atomic mass is 19.3. The number of halogens is 2. The van der Waals surface area contributed by atoms with Crippen molar-refractivity contribution < 1.29 is 13.6 Å². The van der Waals surface area contributed by atoms with Crippen LogP contribution in [0.1, 0.15) is 25.7 Å². The number of piperidine rings is 1. The summed E-state index contributed by atoms with van der Waals surface area (Å²) in [6, 6.07) is 0.240. The molecule has 0 radical (unpaired) electrons. The fraction of sp³-hybridized carbons (Fsp3) is 0.923. The van der Waals surface area contributed by atoms with Gasteiger partial charge in [0.25, 0.3) is 6.43 Å². The maximum atomic E-state index is 12.4. The molecule has 0 aromatic heterocycles. The van der Waals surface area contributed by atoms with Gasteiger partial charge in [-0.1, -0.05) is 0 Å². The third-order valence-electron chi connectivity index (χ3n) is 4.15. The molecule has 0 bridgehead atoms. The van der Waals surface area contributed by atoms with Gasteiger partial charge in [-0.2, -0.15) is 0 Å². The lowest BCUT2D eigenvalue weighted by Gasteiger charge is -2.36. The summed E-state index contributed by atoms with van der Waals surface area (Å²) in [5.74, 6) is -0.142. The van der Waals surface area contributed by atoms with E-state index in [4.69, 9.17) is 0 Å². The Kier molecular flexibility index (Phi) is 5.10. The summed E-state index contributed by atoms with van der Waals surface area (Å²) in [5.41, 5.74) is 0. The molecule has 2 saturated heterocycles. The summed E-state index contributed by atoms with van der Waals surface area (Å²) < 4.78 is 24.7. The Bertz CT molecular complexity index is 308. The third-order valence-corrected chi connectivity index (χ3v) is 4.15. The third kappa shape index (κ3) is 3.63. The molecule has 0 aromatic rings. The number of likely N-dealkylation sites (N-methyl/N-ethyl adjacent to an activating group) is 1. The number of rotatable bonds is 4. The van der Waals surface area contributed by atoms with E-state index in [0.717, 1.165) is 45.3 Å². The van der Waals surface area contributed by atoms with Gasteiger partial charge in [0.05, 0.1) is 12.6 Å². The van der Waals surface area contributed by atoms with Gasteiger partial charge in [-0.25, -0.2) is 8.78 Å². The summed E-state index contributed by atoms with van der Waals surface area (Å²) in [6.45, 7) is 2.42.